The van der Waals surface area contributed by atoms with Gasteiger partial charge >= 0.3 is 0 Å². The second-order valence-corrected chi connectivity index (χ2v) is 5.95. The summed E-state index contributed by atoms with van der Waals surface area (Å²) >= 11 is 0. The molecule has 0 aromatic rings. The van der Waals surface area contributed by atoms with Crippen LogP contribution in [0, 0.1) is 0 Å². The molecule has 6 heteroatoms. The van der Waals surface area contributed by atoms with Gasteiger partial charge in [0.25, 0.3) is 0 Å². The van der Waals surface area contributed by atoms with E-state index in [9.17, 15) is 4.79 Å². The molecule has 0 aliphatic carbocycles. The van der Waals surface area contributed by atoms with Gasteiger partial charge in [-0.2, -0.15) is 0 Å². The molecular formula is C15H30N4O2. The monoisotopic (exact) mass is 298 g/mol. The third-order valence-corrected chi connectivity index (χ3v) is 3.69. The fourth-order valence-corrected chi connectivity index (χ4v) is 2.08. The smallest absolute Gasteiger partial charge is 0.243 e. The van der Waals surface area contributed by atoms with Crippen molar-refractivity contribution in [3.63, 3.8) is 0 Å². The van der Waals surface area contributed by atoms with E-state index in [0.29, 0.717) is 12.1 Å². The third kappa shape index (κ3) is 6.80. The summed E-state index contributed by atoms with van der Waals surface area (Å²) in [6.07, 6.45) is 3.20. The average Bonchev–Trinajstić information content (AvgIpc) is 2.44. The number of hydrogen-bond donors (Lipinski definition) is 2. The standard InChI is InChI=1S/C15H30N4O2/c1-6-11(2)17-15(16-10-14(20)19(4)5)18-13-7-8-21-12(3)9-13/h11-13H,6-10H2,1-5H3,(H2,16,17,18). The molecule has 2 N–H and O–H groups in total. The van der Waals surface area contributed by atoms with Gasteiger partial charge in [0.1, 0.15) is 6.54 Å². The highest BCUT2D eigenvalue weighted by atomic mass is 16.5. The molecule has 21 heavy (non-hydrogen) atoms. The highest BCUT2D eigenvalue weighted by molar-refractivity contribution is 5.85. The summed E-state index contributed by atoms with van der Waals surface area (Å²) in [7, 11) is 3.49. The maximum absolute atomic E-state index is 11.7. The van der Waals surface area contributed by atoms with Gasteiger partial charge in [0.2, 0.25) is 5.91 Å². The van der Waals surface area contributed by atoms with Crippen molar-refractivity contribution < 1.29 is 9.53 Å². The summed E-state index contributed by atoms with van der Waals surface area (Å²) in [5.74, 6) is 0.722. The van der Waals surface area contributed by atoms with Crippen molar-refractivity contribution in [2.75, 3.05) is 27.2 Å². The van der Waals surface area contributed by atoms with Crippen LogP contribution in [0.2, 0.25) is 0 Å². The minimum absolute atomic E-state index is 0.000553. The quantitative estimate of drug-likeness (QED) is 0.586. The summed E-state index contributed by atoms with van der Waals surface area (Å²) in [6, 6.07) is 0.668. The topological polar surface area (TPSA) is 66.0 Å². The van der Waals surface area contributed by atoms with Crippen LogP contribution in [0.15, 0.2) is 4.99 Å². The molecular weight excluding hydrogens is 268 g/mol. The third-order valence-electron chi connectivity index (χ3n) is 3.69. The van der Waals surface area contributed by atoms with E-state index in [2.05, 4.69) is 36.4 Å². The lowest BCUT2D eigenvalue weighted by molar-refractivity contribution is -0.127. The fourth-order valence-electron chi connectivity index (χ4n) is 2.08. The van der Waals surface area contributed by atoms with E-state index < -0.39 is 0 Å². The maximum Gasteiger partial charge on any atom is 0.243 e. The van der Waals surface area contributed by atoms with Crippen LogP contribution in [0.25, 0.3) is 0 Å². The molecule has 3 unspecified atom stereocenters. The van der Waals surface area contributed by atoms with Gasteiger partial charge in [0, 0.05) is 32.8 Å². The molecule has 1 aliphatic rings. The predicted molar refractivity (Wildman–Crippen MR) is 85.5 cm³/mol. The van der Waals surface area contributed by atoms with Gasteiger partial charge in [0.15, 0.2) is 5.96 Å². The average molecular weight is 298 g/mol. The Morgan fingerprint density at radius 3 is 2.76 bits per heavy atom. The lowest BCUT2D eigenvalue weighted by atomic mass is 10.0. The Morgan fingerprint density at radius 2 is 2.19 bits per heavy atom. The number of carbonyl (C=O) groups is 1. The Bertz CT molecular complexity index is 358. The van der Waals surface area contributed by atoms with Crippen LogP contribution in [-0.2, 0) is 9.53 Å². The van der Waals surface area contributed by atoms with Crippen LogP contribution < -0.4 is 10.6 Å². The second-order valence-electron chi connectivity index (χ2n) is 5.95. The molecule has 1 amide bonds. The van der Waals surface area contributed by atoms with E-state index in [-0.39, 0.29) is 18.6 Å². The summed E-state index contributed by atoms with van der Waals surface area (Å²) in [6.45, 7) is 7.25. The maximum atomic E-state index is 11.7. The Kier molecular flexibility index (Phi) is 7.50. The molecule has 3 atom stereocenters. The predicted octanol–water partition coefficient (Wildman–Crippen LogP) is 0.976. The first-order valence-corrected chi connectivity index (χ1v) is 7.81. The van der Waals surface area contributed by atoms with Gasteiger partial charge in [-0.05, 0) is 33.1 Å². The molecule has 0 aromatic heterocycles. The van der Waals surface area contributed by atoms with E-state index >= 15 is 0 Å². The van der Waals surface area contributed by atoms with Crippen molar-refractivity contribution in [2.24, 2.45) is 4.99 Å². The number of carbonyl (C=O) groups excluding carboxylic acids is 1. The van der Waals surface area contributed by atoms with E-state index in [0.717, 1.165) is 31.8 Å². The van der Waals surface area contributed by atoms with Crippen molar-refractivity contribution in [2.45, 2.75) is 58.2 Å². The first-order valence-electron chi connectivity index (χ1n) is 7.81. The van der Waals surface area contributed by atoms with Crippen LogP contribution in [0.1, 0.15) is 40.0 Å². The molecule has 1 rings (SSSR count). The highest BCUT2D eigenvalue weighted by Crippen LogP contribution is 2.13. The number of hydrogen-bond acceptors (Lipinski definition) is 3. The first-order chi connectivity index (χ1) is 9.92. The summed E-state index contributed by atoms with van der Waals surface area (Å²) in [5, 5.41) is 6.78. The van der Waals surface area contributed by atoms with Crippen LogP contribution in [0.5, 0.6) is 0 Å². The van der Waals surface area contributed by atoms with Crippen LogP contribution >= 0.6 is 0 Å². The molecule has 0 radical (unpaired) electrons. The van der Waals surface area contributed by atoms with Crippen molar-refractivity contribution in [3.8, 4) is 0 Å². The number of rotatable bonds is 5. The van der Waals surface area contributed by atoms with E-state index in [1.807, 2.05) is 0 Å². The van der Waals surface area contributed by atoms with Crippen LogP contribution in [0.3, 0.4) is 0 Å². The minimum Gasteiger partial charge on any atom is -0.378 e. The Morgan fingerprint density at radius 1 is 1.48 bits per heavy atom. The zero-order valence-corrected chi connectivity index (χ0v) is 14.0. The zero-order valence-electron chi connectivity index (χ0n) is 14.0. The number of nitrogens with one attached hydrogen (secondary N) is 2. The first kappa shape index (κ1) is 17.8. The van der Waals surface area contributed by atoms with Gasteiger partial charge in [-0.1, -0.05) is 6.92 Å². The van der Waals surface area contributed by atoms with E-state index in [4.69, 9.17) is 4.74 Å². The number of aliphatic imine (C=N–C) groups is 1. The number of ether oxygens (including phenoxy) is 1. The molecule has 1 saturated heterocycles. The molecule has 6 nitrogen and oxygen atoms in total. The van der Waals surface area contributed by atoms with Crippen molar-refractivity contribution >= 4 is 11.9 Å². The number of nitrogens with zero attached hydrogens (tertiary/aromatic N) is 2. The van der Waals surface area contributed by atoms with Gasteiger partial charge in [-0.25, -0.2) is 4.99 Å². The normalized spacial score (nSPS) is 24.3. The van der Waals surface area contributed by atoms with Crippen molar-refractivity contribution in [1.82, 2.24) is 15.5 Å². The molecule has 0 saturated carbocycles. The number of guanidine groups is 1. The second kappa shape index (κ2) is 8.87. The van der Waals surface area contributed by atoms with E-state index in [1.54, 1.807) is 19.0 Å². The minimum atomic E-state index is 0.000553. The highest BCUT2D eigenvalue weighted by Gasteiger charge is 2.20. The van der Waals surface area contributed by atoms with E-state index in [1.165, 1.54) is 0 Å². The van der Waals surface area contributed by atoms with Gasteiger partial charge in [-0.15, -0.1) is 0 Å². The molecule has 1 fully saturated rings. The zero-order chi connectivity index (χ0) is 15.8. The molecule has 1 heterocycles. The van der Waals surface area contributed by atoms with Crippen molar-refractivity contribution in [3.05, 3.63) is 0 Å². The largest absolute Gasteiger partial charge is 0.378 e. The lowest BCUT2D eigenvalue weighted by Crippen LogP contribution is -2.49. The van der Waals surface area contributed by atoms with Crippen molar-refractivity contribution in [1.29, 1.82) is 0 Å². The van der Waals surface area contributed by atoms with Crippen LogP contribution in [-0.4, -0.2) is 62.2 Å². The number of likely N-dealkylation sites (N-methyl/N-ethyl adjacent to an activating group) is 1. The summed E-state index contributed by atoms with van der Waals surface area (Å²) in [5.41, 5.74) is 0. The molecule has 0 bridgehead atoms. The SMILES string of the molecule is CCC(C)NC(=NCC(=O)N(C)C)NC1CCOC(C)C1. The van der Waals surface area contributed by atoms with Gasteiger partial charge < -0.3 is 20.3 Å². The number of amides is 1. The Hall–Kier alpha value is -1.30. The summed E-state index contributed by atoms with van der Waals surface area (Å²) in [4.78, 5) is 17.7. The molecule has 0 aromatic carbocycles. The lowest BCUT2D eigenvalue weighted by Gasteiger charge is -2.30. The molecule has 1 aliphatic heterocycles. The molecule has 122 valence electrons. The van der Waals surface area contributed by atoms with Crippen LogP contribution in [0.4, 0.5) is 0 Å². The van der Waals surface area contributed by atoms with Gasteiger partial charge in [-0.3, -0.25) is 4.79 Å². The van der Waals surface area contributed by atoms with Gasteiger partial charge in [0.05, 0.1) is 6.10 Å². The fraction of sp³-hybridized carbons (Fsp3) is 0.867. The summed E-state index contributed by atoms with van der Waals surface area (Å²) < 4.78 is 5.56. The Balaban J connectivity index is 2.62. The Labute approximate surface area is 128 Å². The molecule has 0 spiro atoms.